The third kappa shape index (κ3) is 5.46. The van der Waals surface area contributed by atoms with E-state index in [9.17, 15) is 4.79 Å². The lowest BCUT2D eigenvalue weighted by molar-refractivity contribution is 0.0493. The Bertz CT molecular complexity index is 422. The minimum Gasteiger partial charge on any atom is -0.490 e. The van der Waals surface area contributed by atoms with Gasteiger partial charge in [-0.05, 0) is 25.1 Å². The Balaban J connectivity index is 2.53. The maximum atomic E-state index is 11.8. The second kappa shape index (κ2) is 9.17. The Morgan fingerprint density at radius 3 is 2.65 bits per heavy atom. The monoisotopic (exact) mass is 283 g/mol. The normalized spacial score (nSPS) is 10.3. The largest absolute Gasteiger partial charge is 0.490 e. The van der Waals surface area contributed by atoms with E-state index in [2.05, 4.69) is 0 Å². The maximum Gasteiger partial charge on any atom is 0.341 e. The van der Waals surface area contributed by atoms with Gasteiger partial charge in [-0.25, -0.2) is 4.79 Å². The molecule has 112 valence electrons. The van der Waals surface area contributed by atoms with Crippen molar-refractivity contribution in [3.05, 3.63) is 23.8 Å². The molecule has 0 aliphatic heterocycles. The highest BCUT2D eigenvalue weighted by atomic mass is 16.5. The van der Waals surface area contributed by atoms with Crippen LogP contribution >= 0.6 is 0 Å². The molecule has 0 radical (unpaired) electrons. The van der Waals surface area contributed by atoms with Crippen molar-refractivity contribution < 1.29 is 23.7 Å². The third-order valence-electron chi connectivity index (χ3n) is 2.42. The molecule has 0 aliphatic rings. The lowest BCUT2D eigenvalue weighted by Crippen LogP contribution is -2.13. The van der Waals surface area contributed by atoms with Crippen LogP contribution in [0.3, 0.4) is 0 Å². The number of carbonyl (C=O) groups excluding carboxylic acids is 1. The summed E-state index contributed by atoms with van der Waals surface area (Å²) in [6.07, 6.45) is 0. The summed E-state index contributed by atoms with van der Waals surface area (Å²) >= 11 is 0. The molecule has 6 heteroatoms. The van der Waals surface area contributed by atoms with Gasteiger partial charge in [-0.15, -0.1) is 0 Å². The van der Waals surface area contributed by atoms with Crippen molar-refractivity contribution >= 4 is 11.7 Å². The molecule has 0 saturated carbocycles. The minimum absolute atomic E-state index is 0.299. The summed E-state index contributed by atoms with van der Waals surface area (Å²) in [7, 11) is 1.61. The molecule has 0 fully saturated rings. The fourth-order valence-corrected chi connectivity index (χ4v) is 1.50. The van der Waals surface area contributed by atoms with Gasteiger partial charge in [0.1, 0.15) is 17.9 Å². The molecular formula is C14H21NO5. The predicted molar refractivity (Wildman–Crippen MR) is 75.0 cm³/mol. The van der Waals surface area contributed by atoms with Gasteiger partial charge < -0.3 is 24.7 Å². The Morgan fingerprint density at radius 2 is 1.95 bits per heavy atom. The molecule has 20 heavy (non-hydrogen) atoms. The summed E-state index contributed by atoms with van der Waals surface area (Å²) in [6, 6.07) is 4.86. The van der Waals surface area contributed by atoms with Gasteiger partial charge >= 0.3 is 5.97 Å². The van der Waals surface area contributed by atoms with Crippen molar-refractivity contribution in [2.45, 2.75) is 6.92 Å². The maximum absolute atomic E-state index is 11.8. The zero-order chi connectivity index (χ0) is 14.8. The van der Waals surface area contributed by atoms with Crippen LogP contribution in [0.25, 0.3) is 0 Å². The predicted octanol–water partition coefficient (Wildman–Crippen LogP) is 1.49. The molecule has 1 rings (SSSR count). The number of esters is 1. The molecule has 1 aromatic rings. The zero-order valence-electron chi connectivity index (χ0n) is 11.9. The Morgan fingerprint density at radius 1 is 1.20 bits per heavy atom. The van der Waals surface area contributed by atoms with Crippen molar-refractivity contribution in [3.63, 3.8) is 0 Å². The summed E-state index contributed by atoms with van der Waals surface area (Å²) in [4.78, 5) is 11.8. The number of anilines is 1. The fourth-order valence-electron chi connectivity index (χ4n) is 1.50. The highest BCUT2D eigenvalue weighted by Crippen LogP contribution is 2.22. The highest BCUT2D eigenvalue weighted by molar-refractivity contribution is 5.93. The number of nitrogen functional groups attached to an aromatic ring is 1. The molecule has 0 heterocycles. The van der Waals surface area contributed by atoms with E-state index in [0.29, 0.717) is 50.0 Å². The van der Waals surface area contributed by atoms with Crippen molar-refractivity contribution in [3.8, 4) is 5.75 Å². The number of nitrogens with two attached hydrogens (primary N) is 1. The molecule has 6 nitrogen and oxygen atoms in total. The number of hydrogen-bond donors (Lipinski definition) is 1. The Hall–Kier alpha value is -1.79. The summed E-state index contributed by atoms with van der Waals surface area (Å²) in [5, 5.41) is 0. The number of ether oxygens (including phenoxy) is 4. The van der Waals surface area contributed by atoms with Gasteiger partial charge in [-0.2, -0.15) is 0 Å². The van der Waals surface area contributed by atoms with Crippen molar-refractivity contribution in [1.82, 2.24) is 0 Å². The molecule has 0 saturated heterocycles. The molecule has 1 aromatic carbocycles. The van der Waals surface area contributed by atoms with Crippen LogP contribution in [0, 0.1) is 0 Å². The molecular weight excluding hydrogens is 262 g/mol. The number of benzene rings is 1. The van der Waals surface area contributed by atoms with Gasteiger partial charge in [0.15, 0.2) is 0 Å². The van der Waals surface area contributed by atoms with Crippen molar-refractivity contribution in [2.24, 2.45) is 0 Å². The fraction of sp³-hybridized carbons (Fsp3) is 0.500. The van der Waals surface area contributed by atoms with E-state index in [4.69, 9.17) is 24.7 Å². The van der Waals surface area contributed by atoms with Gasteiger partial charge in [0.05, 0.1) is 26.4 Å². The number of rotatable bonds is 9. The first-order valence-corrected chi connectivity index (χ1v) is 6.45. The van der Waals surface area contributed by atoms with Crippen LogP contribution in [0.2, 0.25) is 0 Å². The van der Waals surface area contributed by atoms with Crippen LogP contribution in [-0.4, -0.2) is 46.1 Å². The van der Waals surface area contributed by atoms with E-state index in [1.165, 1.54) is 0 Å². The quantitative estimate of drug-likeness (QED) is 0.420. The van der Waals surface area contributed by atoms with E-state index in [-0.39, 0.29) is 0 Å². The zero-order valence-corrected chi connectivity index (χ0v) is 11.9. The van der Waals surface area contributed by atoms with E-state index in [1.54, 1.807) is 32.2 Å². The smallest absolute Gasteiger partial charge is 0.341 e. The average molecular weight is 283 g/mol. The van der Waals surface area contributed by atoms with E-state index < -0.39 is 5.97 Å². The van der Waals surface area contributed by atoms with Crippen molar-refractivity contribution in [2.75, 3.05) is 45.9 Å². The molecule has 0 spiro atoms. The van der Waals surface area contributed by atoms with Crippen LogP contribution < -0.4 is 10.5 Å². The Labute approximate surface area is 118 Å². The van der Waals surface area contributed by atoms with Gasteiger partial charge in [-0.1, -0.05) is 0 Å². The topological polar surface area (TPSA) is 80.0 Å². The first-order chi connectivity index (χ1) is 9.69. The van der Waals surface area contributed by atoms with Gasteiger partial charge in [0.2, 0.25) is 0 Å². The van der Waals surface area contributed by atoms with Gasteiger partial charge in [-0.3, -0.25) is 0 Å². The molecule has 0 aliphatic carbocycles. The van der Waals surface area contributed by atoms with Crippen LogP contribution in [-0.2, 0) is 14.2 Å². The first kappa shape index (κ1) is 16.3. The number of hydrogen-bond acceptors (Lipinski definition) is 6. The average Bonchev–Trinajstić information content (AvgIpc) is 2.44. The molecule has 0 bridgehead atoms. The van der Waals surface area contributed by atoms with Gasteiger partial charge in [0, 0.05) is 12.8 Å². The summed E-state index contributed by atoms with van der Waals surface area (Å²) in [5.74, 6) is -0.0110. The Kier molecular flexibility index (Phi) is 7.46. The van der Waals surface area contributed by atoms with Crippen LogP contribution in [0.1, 0.15) is 17.3 Å². The second-order valence-electron chi connectivity index (χ2n) is 3.93. The number of carbonyl (C=O) groups is 1. The van der Waals surface area contributed by atoms with Crippen LogP contribution in [0.15, 0.2) is 18.2 Å². The molecule has 0 aromatic heterocycles. The first-order valence-electron chi connectivity index (χ1n) is 6.45. The molecule has 0 atom stereocenters. The molecule has 2 N–H and O–H groups in total. The lowest BCUT2D eigenvalue weighted by atomic mass is 10.2. The highest BCUT2D eigenvalue weighted by Gasteiger charge is 2.14. The minimum atomic E-state index is -0.449. The van der Waals surface area contributed by atoms with Crippen LogP contribution in [0.4, 0.5) is 5.69 Å². The second-order valence-corrected chi connectivity index (χ2v) is 3.93. The van der Waals surface area contributed by atoms with E-state index in [0.717, 1.165) is 0 Å². The lowest BCUT2D eigenvalue weighted by Gasteiger charge is -2.11. The SMILES string of the molecule is CCOC(=O)c1cc(N)ccc1OCCOCCOC. The van der Waals surface area contributed by atoms with Crippen LogP contribution in [0.5, 0.6) is 5.75 Å². The van der Waals surface area contributed by atoms with Crippen molar-refractivity contribution in [1.29, 1.82) is 0 Å². The standard InChI is InChI=1S/C14H21NO5/c1-3-19-14(16)12-10-11(15)4-5-13(12)20-9-8-18-7-6-17-2/h4-5,10H,3,6-9,15H2,1-2H3. The summed E-state index contributed by atoms with van der Waals surface area (Å²) < 4.78 is 20.6. The molecule has 0 unspecified atom stereocenters. The number of methoxy groups -OCH3 is 1. The summed E-state index contributed by atoms with van der Waals surface area (Å²) in [6.45, 7) is 3.83. The molecule has 0 amide bonds. The van der Waals surface area contributed by atoms with E-state index in [1.807, 2.05) is 0 Å². The van der Waals surface area contributed by atoms with Gasteiger partial charge in [0.25, 0.3) is 0 Å². The van der Waals surface area contributed by atoms with E-state index >= 15 is 0 Å². The third-order valence-corrected chi connectivity index (χ3v) is 2.42. The summed E-state index contributed by atoms with van der Waals surface area (Å²) in [5.41, 5.74) is 6.48.